The highest BCUT2D eigenvalue weighted by Crippen LogP contribution is 2.25. The summed E-state index contributed by atoms with van der Waals surface area (Å²) in [5.41, 5.74) is -1.60. The Morgan fingerprint density at radius 1 is 1.06 bits per heavy atom. The number of nitro benzene ring substituents is 1. The first-order valence-electron chi connectivity index (χ1n) is 4.29. The van der Waals surface area contributed by atoms with Crippen molar-refractivity contribution >= 4 is 5.69 Å². The van der Waals surface area contributed by atoms with Crippen LogP contribution in [-0.4, -0.2) is 10.0 Å². The first kappa shape index (κ1) is 10.0. The summed E-state index contributed by atoms with van der Waals surface area (Å²) < 4.78 is 0. The summed E-state index contributed by atoms with van der Waals surface area (Å²) >= 11 is 0. The molecule has 0 saturated heterocycles. The van der Waals surface area contributed by atoms with E-state index < -0.39 is 21.5 Å². The van der Waals surface area contributed by atoms with Crippen LogP contribution in [0.5, 0.6) is 5.75 Å². The molecule has 1 N–H and O–H groups in total. The summed E-state index contributed by atoms with van der Waals surface area (Å²) in [6.45, 7) is 0. The van der Waals surface area contributed by atoms with E-state index in [-0.39, 0.29) is 11.3 Å². The Balaban J connectivity index is 2.48. The second kappa shape index (κ2) is 3.27. The molecule has 6 heteroatoms. The number of aromatic hydroxyl groups is 1. The maximum atomic E-state index is 11.1. The molecule has 0 radical (unpaired) electrons. The summed E-state index contributed by atoms with van der Waals surface area (Å²) in [5, 5.41) is 19.5. The lowest BCUT2D eigenvalue weighted by Crippen LogP contribution is -2.31. The third kappa shape index (κ3) is 1.28. The van der Waals surface area contributed by atoms with Crippen LogP contribution < -0.4 is 10.9 Å². The van der Waals surface area contributed by atoms with Crippen LogP contribution in [0.3, 0.4) is 0 Å². The van der Waals surface area contributed by atoms with Crippen LogP contribution in [0.1, 0.15) is 0 Å². The highest BCUT2D eigenvalue weighted by atomic mass is 16.6. The molecule has 2 rings (SSSR count). The average molecular weight is 219 g/mol. The van der Waals surface area contributed by atoms with Crippen molar-refractivity contribution in [1.29, 1.82) is 0 Å². The van der Waals surface area contributed by atoms with Gasteiger partial charge in [0.15, 0.2) is 5.75 Å². The number of nitrogens with zero attached hydrogens (tertiary/aromatic N) is 1. The van der Waals surface area contributed by atoms with Gasteiger partial charge < -0.3 is 5.11 Å². The molecular weight excluding hydrogens is 214 g/mol. The molecule has 6 nitrogen and oxygen atoms in total. The van der Waals surface area contributed by atoms with Gasteiger partial charge in [-0.1, -0.05) is 0 Å². The van der Waals surface area contributed by atoms with Crippen LogP contribution in [-0.2, 0) is 0 Å². The highest BCUT2D eigenvalue weighted by Gasteiger charge is 2.21. The minimum atomic E-state index is -0.923. The minimum absolute atomic E-state index is 0.0834. The van der Waals surface area contributed by atoms with Gasteiger partial charge in [0.25, 0.3) is 11.1 Å². The summed E-state index contributed by atoms with van der Waals surface area (Å²) in [5.74, 6) is -0.584. The fraction of sp³-hybridized carbons (Fsp3) is 0. The Bertz CT molecular complexity index is 634. The number of nitro groups is 1. The molecule has 0 atom stereocenters. The normalized spacial score (nSPS) is 10.5. The van der Waals surface area contributed by atoms with Gasteiger partial charge in [-0.05, 0) is 17.7 Å². The summed E-state index contributed by atoms with van der Waals surface area (Å²) in [6, 6.07) is 5.03. The van der Waals surface area contributed by atoms with E-state index in [1.807, 2.05) is 0 Å². The predicted molar refractivity (Wildman–Crippen MR) is 55.1 cm³/mol. The first-order valence-corrected chi connectivity index (χ1v) is 4.29. The molecule has 0 spiro atoms. The molecule has 0 amide bonds. The van der Waals surface area contributed by atoms with E-state index in [2.05, 4.69) is 0 Å². The largest absolute Gasteiger partial charge is 0.503 e. The molecule has 2 aromatic rings. The van der Waals surface area contributed by atoms with Crippen LogP contribution in [0.4, 0.5) is 5.69 Å². The van der Waals surface area contributed by atoms with E-state index in [0.717, 1.165) is 0 Å². The highest BCUT2D eigenvalue weighted by molar-refractivity contribution is 5.73. The molecule has 0 aliphatic heterocycles. The standard InChI is InChI=1S/C10H5NO5/c12-8-7(9(13)10(8)14)5-1-3-6(4-2-5)11(15)16/h1-4,12H. The zero-order chi connectivity index (χ0) is 11.9. The predicted octanol–water partition coefficient (Wildman–Crippen LogP) is 0.563. The van der Waals surface area contributed by atoms with E-state index in [9.17, 15) is 19.7 Å². The van der Waals surface area contributed by atoms with Gasteiger partial charge in [-0.3, -0.25) is 19.7 Å². The lowest BCUT2D eigenvalue weighted by atomic mass is 10.00. The van der Waals surface area contributed by atoms with E-state index in [4.69, 9.17) is 5.11 Å². The lowest BCUT2D eigenvalue weighted by molar-refractivity contribution is -0.384. The molecule has 80 valence electrons. The van der Waals surface area contributed by atoms with E-state index in [1.165, 1.54) is 24.3 Å². The maximum absolute atomic E-state index is 11.1. The maximum Gasteiger partial charge on any atom is 0.269 e. The molecule has 0 aliphatic carbocycles. The van der Waals surface area contributed by atoms with Crippen molar-refractivity contribution in [1.82, 2.24) is 0 Å². The molecular formula is C10H5NO5. The van der Waals surface area contributed by atoms with Crippen LogP contribution in [0.2, 0.25) is 0 Å². The van der Waals surface area contributed by atoms with Crippen molar-refractivity contribution < 1.29 is 10.0 Å². The van der Waals surface area contributed by atoms with Crippen molar-refractivity contribution in [3.63, 3.8) is 0 Å². The molecule has 2 aromatic carbocycles. The van der Waals surface area contributed by atoms with Crippen molar-refractivity contribution in [3.8, 4) is 16.9 Å². The Kier molecular flexibility index (Phi) is 2.05. The monoisotopic (exact) mass is 219 g/mol. The minimum Gasteiger partial charge on any atom is -0.503 e. The van der Waals surface area contributed by atoms with Gasteiger partial charge in [-0.25, -0.2) is 0 Å². The van der Waals surface area contributed by atoms with E-state index in [0.29, 0.717) is 5.56 Å². The smallest absolute Gasteiger partial charge is 0.269 e. The quantitative estimate of drug-likeness (QED) is 0.452. The average Bonchev–Trinajstić information content (AvgIpc) is 2.29. The summed E-state index contributed by atoms with van der Waals surface area (Å²) in [6.07, 6.45) is 0. The number of non-ortho nitro benzene ring substituents is 1. The van der Waals surface area contributed by atoms with Gasteiger partial charge >= 0.3 is 0 Å². The molecule has 0 bridgehead atoms. The van der Waals surface area contributed by atoms with Crippen LogP contribution in [0, 0.1) is 10.1 Å². The second-order valence-electron chi connectivity index (χ2n) is 3.19. The van der Waals surface area contributed by atoms with E-state index >= 15 is 0 Å². The van der Waals surface area contributed by atoms with E-state index in [1.54, 1.807) is 0 Å². The summed E-state index contributed by atoms with van der Waals surface area (Å²) in [7, 11) is 0. The Morgan fingerprint density at radius 3 is 2.06 bits per heavy atom. The first-order chi connectivity index (χ1) is 7.52. The number of rotatable bonds is 2. The number of hydrogen-bond donors (Lipinski definition) is 1. The zero-order valence-corrected chi connectivity index (χ0v) is 7.84. The Hall–Kier alpha value is -2.50. The van der Waals surface area contributed by atoms with Gasteiger partial charge in [0.1, 0.15) is 0 Å². The zero-order valence-electron chi connectivity index (χ0n) is 7.84. The second-order valence-corrected chi connectivity index (χ2v) is 3.19. The lowest BCUT2D eigenvalue weighted by Gasteiger charge is -2.04. The van der Waals surface area contributed by atoms with Crippen LogP contribution >= 0.6 is 0 Å². The Labute approximate surface area is 88.2 Å². The molecule has 0 unspecified atom stereocenters. The molecule has 0 saturated carbocycles. The third-order valence-electron chi connectivity index (χ3n) is 2.25. The molecule has 0 aliphatic rings. The molecule has 16 heavy (non-hydrogen) atoms. The van der Waals surface area contributed by atoms with Gasteiger partial charge in [0.05, 0.1) is 10.5 Å². The summed E-state index contributed by atoms with van der Waals surface area (Å²) in [4.78, 5) is 31.6. The van der Waals surface area contributed by atoms with Crippen molar-refractivity contribution in [3.05, 3.63) is 54.8 Å². The van der Waals surface area contributed by atoms with Gasteiger partial charge in [-0.2, -0.15) is 0 Å². The number of benzene rings is 1. The fourth-order valence-corrected chi connectivity index (χ4v) is 1.40. The number of hydrogen-bond acceptors (Lipinski definition) is 5. The molecule has 0 fully saturated rings. The van der Waals surface area contributed by atoms with Gasteiger partial charge in [0.2, 0.25) is 5.43 Å². The topological polar surface area (TPSA) is 97.5 Å². The Morgan fingerprint density at radius 2 is 1.62 bits per heavy atom. The van der Waals surface area contributed by atoms with Gasteiger partial charge in [-0.15, -0.1) is 0 Å². The van der Waals surface area contributed by atoms with Crippen molar-refractivity contribution in [2.24, 2.45) is 0 Å². The SMILES string of the molecule is O=c1c(O)c(-c2ccc([N+](=O)[O-])cc2)c1=O. The third-order valence-corrected chi connectivity index (χ3v) is 2.25. The fourth-order valence-electron chi connectivity index (χ4n) is 1.40. The van der Waals surface area contributed by atoms with Crippen molar-refractivity contribution in [2.45, 2.75) is 0 Å². The molecule has 0 heterocycles. The van der Waals surface area contributed by atoms with Crippen LogP contribution in [0.25, 0.3) is 11.1 Å². The van der Waals surface area contributed by atoms with Crippen LogP contribution in [0.15, 0.2) is 33.9 Å². The molecule has 0 aromatic heterocycles. The van der Waals surface area contributed by atoms with Gasteiger partial charge in [0, 0.05) is 12.1 Å². The van der Waals surface area contributed by atoms with Crippen molar-refractivity contribution in [2.75, 3.05) is 0 Å².